The summed E-state index contributed by atoms with van der Waals surface area (Å²) in [5.41, 5.74) is 0. The second kappa shape index (κ2) is 6.43. The zero-order chi connectivity index (χ0) is 13.6. The second-order valence-electron chi connectivity index (χ2n) is 3.14. The van der Waals surface area contributed by atoms with Gasteiger partial charge in [0.25, 0.3) is 0 Å². The predicted octanol–water partition coefficient (Wildman–Crippen LogP) is -1.57. The van der Waals surface area contributed by atoms with Crippen LogP contribution in [0.4, 0.5) is 0 Å². The summed E-state index contributed by atoms with van der Waals surface area (Å²) < 4.78 is 0. The molecule has 0 aliphatic heterocycles. The molecular formula is C8H11NO8. The van der Waals surface area contributed by atoms with Gasteiger partial charge < -0.3 is 20.4 Å². The molecule has 0 radical (unpaired) electrons. The van der Waals surface area contributed by atoms with E-state index in [1.165, 1.54) is 0 Å². The maximum Gasteiger partial charge on any atom is 0.321 e. The molecule has 0 heterocycles. The van der Waals surface area contributed by atoms with Gasteiger partial charge in [-0.1, -0.05) is 0 Å². The number of nitrogens with one attached hydrogen (secondary N) is 1. The van der Waals surface area contributed by atoms with Crippen molar-refractivity contribution >= 4 is 23.9 Å². The summed E-state index contributed by atoms with van der Waals surface area (Å²) in [4.78, 5) is 41.9. The first-order chi connectivity index (χ1) is 7.73. The van der Waals surface area contributed by atoms with Gasteiger partial charge in [0, 0.05) is 0 Å². The van der Waals surface area contributed by atoms with Gasteiger partial charge in [-0.2, -0.15) is 0 Å². The number of carboxylic acid groups (broad SMARTS) is 4. The molecule has 0 spiro atoms. The highest BCUT2D eigenvalue weighted by Crippen LogP contribution is 2.00. The standard InChI is InChI=1S/C8H11NO8/c10-5(11)1-3(7(14)15)9-4(8(16)17)2-6(12)13/h3-4,9H,1-2H2,(H,10,11)(H,12,13)(H,14,15)(H,16,17)/t3-,4+. The molecule has 96 valence electrons. The van der Waals surface area contributed by atoms with Crippen LogP contribution in [0.15, 0.2) is 0 Å². The molecule has 0 amide bonds. The number of carbonyl (C=O) groups is 4. The highest BCUT2D eigenvalue weighted by Gasteiger charge is 2.29. The van der Waals surface area contributed by atoms with Crippen LogP contribution in [-0.4, -0.2) is 56.4 Å². The van der Waals surface area contributed by atoms with Crippen LogP contribution in [0.5, 0.6) is 0 Å². The summed E-state index contributed by atoms with van der Waals surface area (Å²) in [5, 5.41) is 36.0. The first kappa shape index (κ1) is 14.8. The normalized spacial score (nSPS) is 13.6. The van der Waals surface area contributed by atoms with Crippen LogP contribution in [0, 0.1) is 0 Å². The number of rotatable bonds is 8. The Morgan fingerprint density at radius 2 is 1.06 bits per heavy atom. The Labute approximate surface area is 94.7 Å². The van der Waals surface area contributed by atoms with Crippen LogP contribution in [-0.2, 0) is 19.2 Å². The third kappa shape index (κ3) is 6.10. The van der Waals surface area contributed by atoms with Crippen LogP contribution >= 0.6 is 0 Å². The summed E-state index contributed by atoms with van der Waals surface area (Å²) in [6.45, 7) is 0. The molecule has 0 aromatic heterocycles. The van der Waals surface area contributed by atoms with E-state index < -0.39 is 48.8 Å². The van der Waals surface area contributed by atoms with Gasteiger partial charge in [-0.05, 0) is 0 Å². The molecule has 17 heavy (non-hydrogen) atoms. The molecular weight excluding hydrogens is 238 g/mol. The van der Waals surface area contributed by atoms with E-state index in [1.54, 1.807) is 0 Å². The molecule has 0 bridgehead atoms. The summed E-state index contributed by atoms with van der Waals surface area (Å²) in [6, 6.07) is -3.32. The first-order valence-electron chi connectivity index (χ1n) is 4.39. The smallest absolute Gasteiger partial charge is 0.321 e. The van der Waals surface area contributed by atoms with E-state index in [0.717, 1.165) is 0 Å². The Balaban J connectivity index is 4.67. The van der Waals surface area contributed by atoms with Gasteiger partial charge in [0.05, 0.1) is 12.8 Å². The average molecular weight is 249 g/mol. The fourth-order valence-corrected chi connectivity index (χ4v) is 1.03. The number of aliphatic carboxylic acids is 4. The minimum absolute atomic E-state index is 0.848. The van der Waals surface area contributed by atoms with Crippen LogP contribution in [0.1, 0.15) is 12.8 Å². The Kier molecular flexibility index (Phi) is 5.61. The van der Waals surface area contributed by atoms with Crippen LogP contribution in [0.25, 0.3) is 0 Å². The monoisotopic (exact) mass is 249 g/mol. The van der Waals surface area contributed by atoms with Gasteiger partial charge >= 0.3 is 23.9 Å². The highest BCUT2D eigenvalue weighted by atomic mass is 16.4. The predicted molar refractivity (Wildman–Crippen MR) is 50.5 cm³/mol. The molecule has 0 fully saturated rings. The summed E-state index contributed by atoms with van der Waals surface area (Å²) in [6.07, 6.45) is -1.70. The van der Waals surface area contributed by atoms with Gasteiger partial charge in [-0.15, -0.1) is 0 Å². The molecule has 0 unspecified atom stereocenters. The van der Waals surface area contributed by atoms with Crippen molar-refractivity contribution in [1.29, 1.82) is 0 Å². The quantitative estimate of drug-likeness (QED) is 0.342. The van der Waals surface area contributed by atoms with E-state index in [4.69, 9.17) is 20.4 Å². The van der Waals surface area contributed by atoms with Crippen molar-refractivity contribution in [2.75, 3.05) is 0 Å². The largest absolute Gasteiger partial charge is 0.481 e. The van der Waals surface area contributed by atoms with Gasteiger partial charge in [0.15, 0.2) is 0 Å². The topological polar surface area (TPSA) is 161 Å². The van der Waals surface area contributed by atoms with Crippen molar-refractivity contribution in [3.63, 3.8) is 0 Å². The van der Waals surface area contributed by atoms with Crippen molar-refractivity contribution in [1.82, 2.24) is 5.32 Å². The average Bonchev–Trinajstić information content (AvgIpc) is 2.13. The van der Waals surface area contributed by atoms with Gasteiger partial charge in [0.1, 0.15) is 12.1 Å². The third-order valence-electron chi connectivity index (χ3n) is 1.76. The van der Waals surface area contributed by atoms with Gasteiger partial charge in [0.2, 0.25) is 0 Å². The van der Waals surface area contributed by atoms with E-state index >= 15 is 0 Å². The molecule has 9 heteroatoms. The molecule has 0 aromatic rings. The van der Waals surface area contributed by atoms with Crippen LogP contribution < -0.4 is 5.32 Å². The maximum absolute atomic E-state index is 10.6. The van der Waals surface area contributed by atoms with Crippen molar-refractivity contribution in [3.8, 4) is 0 Å². The molecule has 5 N–H and O–H groups in total. The zero-order valence-corrected chi connectivity index (χ0v) is 8.49. The zero-order valence-electron chi connectivity index (χ0n) is 8.49. The molecule has 2 atom stereocenters. The molecule has 0 aliphatic rings. The Morgan fingerprint density at radius 3 is 1.24 bits per heavy atom. The first-order valence-corrected chi connectivity index (χ1v) is 4.39. The highest BCUT2D eigenvalue weighted by molar-refractivity contribution is 5.84. The lowest BCUT2D eigenvalue weighted by Crippen LogP contribution is -2.48. The van der Waals surface area contributed by atoms with E-state index in [-0.39, 0.29) is 0 Å². The minimum Gasteiger partial charge on any atom is -0.481 e. The van der Waals surface area contributed by atoms with E-state index in [0.29, 0.717) is 0 Å². The maximum atomic E-state index is 10.6. The van der Waals surface area contributed by atoms with E-state index in [2.05, 4.69) is 0 Å². The van der Waals surface area contributed by atoms with E-state index in [9.17, 15) is 19.2 Å². The van der Waals surface area contributed by atoms with Crippen molar-refractivity contribution in [2.24, 2.45) is 0 Å². The van der Waals surface area contributed by atoms with Crippen molar-refractivity contribution < 1.29 is 39.6 Å². The summed E-state index contributed by atoms with van der Waals surface area (Å²) >= 11 is 0. The lowest BCUT2D eigenvalue weighted by molar-refractivity contribution is -0.150. The van der Waals surface area contributed by atoms with Crippen LogP contribution in [0.2, 0.25) is 0 Å². The van der Waals surface area contributed by atoms with E-state index in [1.807, 2.05) is 5.32 Å². The Morgan fingerprint density at radius 1 is 0.765 bits per heavy atom. The Bertz CT molecular complexity index is 306. The van der Waals surface area contributed by atoms with Crippen LogP contribution in [0.3, 0.4) is 0 Å². The lowest BCUT2D eigenvalue weighted by Gasteiger charge is -2.17. The number of carboxylic acids is 4. The van der Waals surface area contributed by atoms with Gasteiger partial charge in [-0.25, -0.2) is 0 Å². The number of hydrogen-bond donors (Lipinski definition) is 5. The molecule has 0 saturated carbocycles. The molecule has 0 aromatic carbocycles. The molecule has 0 aliphatic carbocycles. The fraction of sp³-hybridized carbons (Fsp3) is 0.500. The molecule has 0 rings (SSSR count). The summed E-state index contributed by atoms with van der Waals surface area (Å²) in [5.74, 6) is -6.01. The molecule has 0 saturated heterocycles. The fourth-order valence-electron chi connectivity index (χ4n) is 1.03. The number of hydrogen-bond acceptors (Lipinski definition) is 5. The second-order valence-corrected chi connectivity index (χ2v) is 3.14. The van der Waals surface area contributed by atoms with Crippen molar-refractivity contribution in [2.45, 2.75) is 24.9 Å². The SMILES string of the molecule is O=C(O)C[C@H](N[C@H](CC(=O)O)C(=O)O)C(=O)O. The minimum atomic E-state index is -1.66. The third-order valence-corrected chi connectivity index (χ3v) is 1.76. The Hall–Kier alpha value is -2.16. The lowest BCUT2D eigenvalue weighted by atomic mass is 10.1. The van der Waals surface area contributed by atoms with Gasteiger partial charge in [-0.3, -0.25) is 24.5 Å². The summed E-state index contributed by atoms with van der Waals surface area (Å²) in [7, 11) is 0. The molecule has 9 nitrogen and oxygen atoms in total. The van der Waals surface area contributed by atoms with Crippen molar-refractivity contribution in [3.05, 3.63) is 0 Å².